The fraction of sp³-hybridized carbons (Fsp3) is 0.250. The van der Waals surface area contributed by atoms with Crippen LogP contribution in [0.25, 0.3) is 0 Å². The van der Waals surface area contributed by atoms with E-state index in [4.69, 9.17) is 0 Å². The Morgan fingerprint density at radius 3 is 2.53 bits per heavy atom. The number of benzene rings is 2. The van der Waals surface area contributed by atoms with Crippen LogP contribution in [0.1, 0.15) is 17.5 Å². The van der Waals surface area contributed by atoms with Gasteiger partial charge >= 0.3 is 0 Å². The van der Waals surface area contributed by atoms with Crippen molar-refractivity contribution >= 4 is 5.69 Å². The van der Waals surface area contributed by atoms with Gasteiger partial charge in [0.05, 0.1) is 0 Å². The standard InChI is InChI=1S/C16H15F2N/c17-15-8-7-14(10-16(15)18)19-13-6-5-11-3-1-2-4-12(11)9-13/h1-4,7-8,10,13,19H,5-6,9H2. The first-order valence-electron chi connectivity index (χ1n) is 6.51. The fourth-order valence-electron chi connectivity index (χ4n) is 2.64. The number of rotatable bonds is 2. The van der Waals surface area contributed by atoms with Crippen molar-refractivity contribution in [3.05, 3.63) is 65.2 Å². The molecule has 1 aliphatic carbocycles. The molecule has 1 atom stereocenters. The average Bonchev–Trinajstić information content (AvgIpc) is 2.43. The first-order valence-corrected chi connectivity index (χ1v) is 6.51. The lowest BCUT2D eigenvalue weighted by Gasteiger charge is -2.26. The van der Waals surface area contributed by atoms with Crippen molar-refractivity contribution in [2.75, 3.05) is 5.32 Å². The molecule has 0 saturated carbocycles. The van der Waals surface area contributed by atoms with Crippen LogP contribution in [-0.2, 0) is 12.8 Å². The van der Waals surface area contributed by atoms with Gasteiger partial charge < -0.3 is 5.32 Å². The highest BCUT2D eigenvalue weighted by Crippen LogP contribution is 2.24. The molecule has 2 aromatic carbocycles. The molecule has 0 spiro atoms. The molecule has 3 heteroatoms. The predicted molar refractivity (Wildman–Crippen MR) is 72.2 cm³/mol. The van der Waals surface area contributed by atoms with E-state index in [0.29, 0.717) is 5.69 Å². The summed E-state index contributed by atoms with van der Waals surface area (Å²) in [5, 5.41) is 3.28. The van der Waals surface area contributed by atoms with Crippen molar-refractivity contribution in [2.24, 2.45) is 0 Å². The van der Waals surface area contributed by atoms with E-state index in [0.717, 1.165) is 25.3 Å². The molecule has 19 heavy (non-hydrogen) atoms. The largest absolute Gasteiger partial charge is 0.382 e. The molecular weight excluding hydrogens is 244 g/mol. The zero-order chi connectivity index (χ0) is 13.2. The minimum Gasteiger partial charge on any atom is -0.382 e. The van der Waals surface area contributed by atoms with Gasteiger partial charge in [0, 0.05) is 17.8 Å². The van der Waals surface area contributed by atoms with Gasteiger partial charge in [-0.25, -0.2) is 8.78 Å². The van der Waals surface area contributed by atoms with Gasteiger partial charge in [-0.05, 0) is 42.5 Å². The van der Waals surface area contributed by atoms with E-state index in [9.17, 15) is 8.78 Å². The molecule has 0 amide bonds. The SMILES string of the molecule is Fc1ccc(NC2CCc3ccccc3C2)cc1F. The van der Waals surface area contributed by atoms with Gasteiger partial charge in [-0.15, -0.1) is 0 Å². The molecule has 98 valence electrons. The highest BCUT2D eigenvalue weighted by molar-refractivity contribution is 5.45. The Morgan fingerprint density at radius 1 is 0.947 bits per heavy atom. The van der Waals surface area contributed by atoms with E-state index in [1.165, 1.54) is 17.2 Å². The maximum absolute atomic E-state index is 13.2. The minimum atomic E-state index is -0.806. The van der Waals surface area contributed by atoms with E-state index in [2.05, 4.69) is 23.5 Å². The maximum atomic E-state index is 13.2. The summed E-state index contributed by atoms with van der Waals surface area (Å²) in [5.74, 6) is -1.61. The Hall–Kier alpha value is -1.90. The second-order valence-electron chi connectivity index (χ2n) is 4.98. The predicted octanol–water partition coefficient (Wildman–Crippen LogP) is 3.93. The number of halogens is 2. The fourth-order valence-corrected chi connectivity index (χ4v) is 2.64. The van der Waals surface area contributed by atoms with Gasteiger partial charge in [-0.3, -0.25) is 0 Å². The second kappa shape index (κ2) is 5.00. The van der Waals surface area contributed by atoms with Gasteiger partial charge in [0.1, 0.15) is 0 Å². The van der Waals surface area contributed by atoms with Crippen molar-refractivity contribution in [1.29, 1.82) is 0 Å². The van der Waals surface area contributed by atoms with E-state index >= 15 is 0 Å². The molecule has 1 N–H and O–H groups in total. The molecule has 0 fully saturated rings. The number of aryl methyl sites for hydroxylation is 1. The summed E-state index contributed by atoms with van der Waals surface area (Å²) >= 11 is 0. The second-order valence-corrected chi connectivity index (χ2v) is 4.98. The Morgan fingerprint density at radius 2 is 1.74 bits per heavy atom. The van der Waals surface area contributed by atoms with Crippen LogP contribution in [-0.4, -0.2) is 6.04 Å². The first-order chi connectivity index (χ1) is 9.22. The number of hydrogen-bond donors (Lipinski definition) is 1. The summed E-state index contributed by atoms with van der Waals surface area (Å²) in [6.07, 6.45) is 2.96. The smallest absolute Gasteiger partial charge is 0.160 e. The van der Waals surface area contributed by atoms with Gasteiger partial charge in [-0.1, -0.05) is 24.3 Å². The quantitative estimate of drug-likeness (QED) is 0.861. The zero-order valence-electron chi connectivity index (χ0n) is 10.5. The number of nitrogens with one attached hydrogen (secondary N) is 1. The third kappa shape index (κ3) is 2.60. The monoisotopic (exact) mass is 259 g/mol. The molecule has 0 aromatic heterocycles. The molecule has 0 heterocycles. The summed E-state index contributed by atoms with van der Waals surface area (Å²) in [7, 11) is 0. The Balaban J connectivity index is 1.73. The van der Waals surface area contributed by atoms with Crippen molar-refractivity contribution in [2.45, 2.75) is 25.3 Å². The summed E-state index contributed by atoms with van der Waals surface area (Å²) in [6.45, 7) is 0. The Kier molecular flexibility index (Phi) is 3.20. The van der Waals surface area contributed by atoms with Crippen LogP contribution >= 0.6 is 0 Å². The summed E-state index contributed by atoms with van der Waals surface area (Å²) < 4.78 is 26.0. The summed E-state index contributed by atoms with van der Waals surface area (Å²) in [5.41, 5.74) is 3.38. The number of anilines is 1. The van der Waals surface area contributed by atoms with Gasteiger partial charge in [0.25, 0.3) is 0 Å². The van der Waals surface area contributed by atoms with Crippen molar-refractivity contribution in [3.8, 4) is 0 Å². The van der Waals surface area contributed by atoms with Crippen molar-refractivity contribution in [3.63, 3.8) is 0 Å². The lowest BCUT2D eigenvalue weighted by Crippen LogP contribution is -2.27. The molecule has 1 unspecified atom stereocenters. The third-order valence-electron chi connectivity index (χ3n) is 3.64. The van der Waals surface area contributed by atoms with Gasteiger partial charge in [0.15, 0.2) is 11.6 Å². The Bertz CT molecular complexity index is 595. The molecule has 2 aromatic rings. The number of hydrogen-bond acceptors (Lipinski definition) is 1. The van der Waals surface area contributed by atoms with Gasteiger partial charge in [0.2, 0.25) is 0 Å². The highest BCUT2D eigenvalue weighted by Gasteiger charge is 2.18. The van der Waals surface area contributed by atoms with Gasteiger partial charge in [-0.2, -0.15) is 0 Å². The lowest BCUT2D eigenvalue weighted by molar-refractivity contribution is 0.508. The molecule has 0 saturated heterocycles. The summed E-state index contributed by atoms with van der Waals surface area (Å²) in [4.78, 5) is 0. The van der Waals surface area contributed by atoms with Crippen LogP contribution in [0.2, 0.25) is 0 Å². The van der Waals surface area contributed by atoms with E-state index in [-0.39, 0.29) is 6.04 Å². The van der Waals surface area contributed by atoms with Crippen molar-refractivity contribution < 1.29 is 8.78 Å². The van der Waals surface area contributed by atoms with Crippen LogP contribution < -0.4 is 5.32 Å². The molecule has 0 aliphatic heterocycles. The highest BCUT2D eigenvalue weighted by atomic mass is 19.2. The molecular formula is C16H15F2N. The van der Waals surface area contributed by atoms with Crippen LogP contribution in [0.15, 0.2) is 42.5 Å². The van der Waals surface area contributed by atoms with E-state index < -0.39 is 11.6 Å². The maximum Gasteiger partial charge on any atom is 0.160 e. The van der Waals surface area contributed by atoms with E-state index in [1.54, 1.807) is 6.07 Å². The van der Waals surface area contributed by atoms with Crippen LogP contribution in [0.4, 0.5) is 14.5 Å². The van der Waals surface area contributed by atoms with E-state index in [1.807, 2.05) is 6.07 Å². The summed E-state index contributed by atoms with van der Waals surface area (Å²) in [6, 6.07) is 12.6. The molecule has 0 bridgehead atoms. The van der Waals surface area contributed by atoms with Crippen LogP contribution in [0.5, 0.6) is 0 Å². The third-order valence-corrected chi connectivity index (χ3v) is 3.64. The van der Waals surface area contributed by atoms with Crippen molar-refractivity contribution in [1.82, 2.24) is 0 Å². The zero-order valence-corrected chi connectivity index (χ0v) is 10.5. The molecule has 0 radical (unpaired) electrons. The first kappa shape index (κ1) is 12.2. The lowest BCUT2D eigenvalue weighted by atomic mass is 9.88. The molecule has 3 rings (SSSR count). The normalized spacial score (nSPS) is 17.9. The minimum absolute atomic E-state index is 0.278. The van der Waals surface area contributed by atoms with Crippen LogP contribution in [0, 0.1) is 11.6 Å². The molecule has 1 aliphatic rings. The molecule has 1 nitrogen and oxygen atoms in total. The Labute approximate surface area is 111 Å². The number of fused-ring (bicyclic) bond motifs is 1. The van der Waals surface area contributed by atoms with Crippen LogP contribution in [0.3, 0.4) is 0 Å². The average molecular weight is 259 g/mol. The topological polar surface area (TPSA) is 12.0 Å².